The van der Waals surface area contributed by atoms with E-state index in [-0.39, 0.29) is 5.95 Å². The molecule has 82 valence electrons. The van der Waals surface area contributed by atoms with Crippen molar-refractivity contribution in [3.63, 3.8) is 0 Å². The van der Waals surface area contributed by atoms with Gasteiger partial charge in [-0.2, -0.15) is 0 Å². The molecule has 1 heterocycles. The second-order valence-electron chi connectivity index (χ2n) is 2.91. The van der Waals surface area contributed by atoms with Crippen molar-refractivity contribution in [1.82, 2.24) is 9.97 Å². The van der Waals surface area contributed by atoms with Crippen LogP contribution in [0.25, 0.3) is 0 Å². The van der Waals surface area contributed by atoms with Crippen molar-refractivity contribution in [3.8, 4) is 0 Å². The average Bonchev–Trinajstić information content (AvgIpc) is 2.27. The Hall–Kier alpha value is -0.590. The van der Waals surface area contributed by atoms with Crippen molar-refractivity contribution in [1.29, 1.82) is 0 Å². The lowest BCUT2D eigenvalue weighted by Crippen LogP contribution is -1.95. The van der Waals surface area contributed by atoms with Gasteiger partial charge in [0.15, 0.2) is 0 Å². The normalized spacial score (nSPS) is 10.4. The topological polar surface area (TPSA) is 51.8 Å². The van der Waals surface area contributed by atoms with Crippen molar-refractivity contribution in [2.45, 2.75) is 9.92 Å². The first-order valence-electron chi connectivity index (χ1n) is 4.37. The molecule has 2 N–H and O–H groups in total. The van der Waals surface area contributed by atoms with Crippen LogP contribution >= 0.6 is 43.6 Å². The maximum Gasteiger partial charge on any atom is 0.221 e. The number of anilines is 1. The Labute approximate surface area is 114 Å². The van der Waals surface area contributed by atoms with Gasteiger partial charge in [-0.1, -0.05) is 23.9 Å². The third kappa shape index (κ3) is 2.75. The van der Waals surface area contributed by atoms with Crippen LogP contribution in [0, 0.1) is 0 Å². The van der Waals surface area contributed by atoms with E-state index in [4.69, 9.17) is 5.73 Å². The van der Waals surface area contributed by atoms with Crippen LogP contribution < -0.4 is 5.73 Å². The van der Waals surface area contributed by atoms with Gasteiger partial charge >= 0.3 is 0 Å². The van der Waals surface area contributed by atoms with E-state index in [0.717, 1.165) is 18.9 Å². The minimum absolute atomic E-state index is 0.276. The van der Waals surface area contributed by atoms with Crippen molar-refractivity contribution < 1.29 is 0 Å². The summed E-state index contributed by atoms with van der Waals surface area (Å²) in [6.07, 6.45) is 1.65. The number of nitrogens with two attached hydrogens (primary N) is 1. The lowest BCUT2D eigenvalue weighted by atomic mass is 10.4. The van der Waals surface area contributed by atoms with Crippen LogP contribution in [0.15, 0.2) is 49.3 Å². The van der Waals surface area contributed by atoms with Crippen LogP contribution in [0.2, 0.25) is 0 Å². The fraction of sp³-hybridized carbons (Fsp3) is 0. The molecule has 0 aliphatic rings. The maximum absolute atomic E-state index is 5.55. The minimum atomic E-state index is 0.276. The van der Waals surface area contributed by atoms with Gasteiger partial charge < -0.3 is 5.73 Å². The largest absolute Gasteiger partial charge is 0.368 e. The molecule has 0 radical (unpaired) electrons. The Balaban J connectivity index is 2.34. The van der Waals surface area contributed by atoms with E-state index >= 15 is 0 Å². The Morgan fingerprint density at radius 2 is 1.88 bits per heavy atom. The standard InChI is InChI=1S/C10H7Br2N3S/c11-6-3-1-2-4-8(6)16-9-7(12)5-14-10(13)15-9/h1-5H,(H2,13,14,15). The third-order valence-electron chi connectivity index (χ3n) is 1.77. The van der Waals surface area contributed by atoms with Gasteiger partial charge in [-0.25, -0.2) is 9.97 Å². The molecule has 0 unspecified atom stereocenters. The quantitative estimate of drug-likeness (QED) is 0.829. The SMILES string of the molecule is Nc1ncc(Br)c(Sc2ccccc2Br)n1. The van der Waals surface area contributed by atoms with Gasteiger partial charge in [0.1, 0.15) is 5.03 Å². The number of benzene rings is 1. The number of nitrogens with zero attached hydrogens (tertiary/aromatic N) is 2. The lowest BCUT2D eigenvalue weighted by Gasteiger charge is -2.05. The minimum Gasteiger partial charge on any atom is -0.368 e. The molecule has 0 bridgehead atoms. The molecule has 2 aromatic rings. The van der Waals surface area contributed by atoms with Crippen LogP contribution in [0.4, 0.5) is 5.95 Å². The third-order valence-corrected chi connectivity index (χ3v) is 4.65. The second kappa shape index (κ2) is 5.16. The van der Waals surface area contributed by atoms with Crippen LogP contribution in [0.1, 0.15) is 0 Å². The van der Waals surface area contributed by atoms with Gasteiger partial charge in [-0.05, 0) is 44.0 Å². The first kappa shape index (κ1) is 11.9. The molecule has 6 heteroatoms. The molecule has 3 nitrogen and oxygen atoms in total. The molecule has 0 aliphatic carbocycles. The molecule has 0 fully saturated rings. The van der Waals surface area contributed by atoms with Crippen molar-refractivity contribution >= 4 is 49.6 Å². The first-order chi connectivity index (χ1) is 7.66. The number of aromatic nitrogens is 2. The predicted octanol–water partition coefficient (Wildman–Crippen LogP) is 3.74. The molecule has 1 aromatic carbocycles. The molecule has 0 amide bonds. The monoisotopic (exact) mass is 359 g/mol. The zero-order valence-electron chi connectivity index (χ0n) is 8.02. The van der Waals surface area contributed by atoms with Crippen LogP contribution in [0.5, 0.6) is 0 Å². The summed E-state index contributed by atoms with van der Waals surface area (Å²) in [4.78, 5) is 9.15. The number of hydrogen-bond donors (Lipinski definition) is 1. The van der Waals surface area contributed by atoms with E-state index in [1.54, 1.807) is 6.20 Å². The van der Waals surface area contributed by atoms with E-state index in [1.807, 2.05) is 24.3 Å². The summed E-state index contributed by atoms with van der Waals surface area (Å²) < 4.78 is 1.87. The van der Waals surface area contributed by atoms with Crippen molar-refractivity contribution in [2.75, 3.05) is 5.73 Å². The van der Waals surface area contributed by atoms with Crippen LogP contribution in [0.3, 0.4) is 0 Å². The Morgan fingerprint density at radius 1 is 1.12 bits per heavy atom. The summed E-state index contributed by atoms with van der Waals surface area (Å²) in [5, 5.41) is 0.805. The predicted molar refractivity (Wildman–Crippen MR) is 72.4 cm³/mol. The average molecular weight is 361 g/mol. The smallest absolute Gasteiger partial charge is 0.221 e. The lowest BCUT2D eigenvalue weighted by molar-refractivity contribution is 1.04. The molecule has 2 rings (SSSR count). The molecule has 0 saturated carbocycles. The Kier molecular flexibility index (Phi) is 3.83. The highest BCUT2D eigenvalue weighted by Crippen LogP contribution is 2.35. The van der Waals surface area contributed by atoms with Crippen LogP contribution in [-0.4, -0.2) is 9.97 Å². The van der Waals surface area contributed by atoms with E-state index < -0.39 is 0 Å². The van der Waals surface area contributed by atoms with Gasteiger partial charge in [0.2, 0.25) is 5.95 Å². The van der Waals surface area contributed by atoms with Gasteiger partial charge in [-0.15, -0.1) is 0 Å². The molecule has 1 aromatic heterocycles. The number of hydrogen-bond acceptors (Lipinski definition) is 4. The molecular formula is C10H7Br2N3S. The number of nitrogen functional groups attached to an aromatic ring is 1. The molecule has 0 atom stereocenters. The maximum atomic E-state index is 5.55. The summed E-state index contributed by atoms with van der Waals surface area (Å²) in [5.74, 6) is 0.276. The van der Waals surface area contributed by atoms with E-state index in [9.17, 15) is 0 Å². The van der Waals surface area contributed by atoms with Gasteiger partial charge in [-0.3, -0.25) is 0 Å². The van der Waals surface area contributed by atoms with Crippen LogP contribution in [-0.2, 0) is 0 Å². The van der Waals surface area contributed by atoms with E-state index in [1.165, 1.54) is 11.8 Å². The summed E-state index contributed by atoms with van der Waals surface area (Å²) in [5.41, 5.74) is 5.55. The zero-order valence-corrected chi connectivity index (χ0v) is 12.0. The fourth-order valence-electron chi connectivity index (χ4n) is 1.07. The molecular weight excluding hydrogens is 354 g/mol. The van der Waals surface area contributed by atoms with E-state index in [2.05, 4.69) is 41.8 Å². The van der Waals surface area contributed by atoms with Crippen molar-refractivity contribution in [2.24, 2.45) is 0 Å². The Bertz CT molecular complexity index is 519. The number of rotatable bonds is 2. The number of halogens is 2. The van der Waals surface area contributed by atoms with E-state index in [0.29, 0.717) is 0 Å². The fourth-order valence-corrected chi connectivity index (χ4v) is 2.84. The van der Waals surface area contributed by atoms with Gasteiger partial charge in [0, 0.05) is 15.6 Å². The highest BCUT2D eigenvalue weighted by Gasteiger charge is 2.07. The summed E-state index contributed by atoms with van der Waals surface area (Å²) in [6.45, 7) is 0. The molecule has 0 aliphatic heterocycles. The molecule has 16 heavy (non-hydrogen) atoms. The molecule has 0 saturated heterocycles. The first-order valence-corrected chi connectivity index (χ1v) is 6.77. The zero-order chi connectivity index (χ0) is 11.5. The van der Waals surface area contributed by atoms with Gasteiger partial charge in [0.05, 0.1) is 4.47 Å². The Morgan fingerprint density at radius 3 is 2.62 bits per heavy atom. The van der Waals surface area contributed by atoms with Gasteiger partial charge in [0.25, 0.3) is 0 Å². The summed E-state index contributed by atoms with van der Waals surface area (Å²) >= 11 is 8.41. The highest BCUT2D eigenvalue weighted by molar-refractivity contribution is 9.11. The summed E-state index contributed by atoms with van der Waals surface area (Å²) in [6, 6.07) is 7.95. The second-order valence-corrected chi connectivity index (χ2v) is 5.65. The summed E-state index contributed by atoms with van der Waals surface area (Å²) in [7, 11) is 0. The molecule has 0 spiro atoms. The van der Waals surface area contributed by atoms with Crippen molar-refractivity contribution in [3.05, 3.63) is 39.4 Å². The highest BCUT2D eigenvalue weighted by atomic mass is 79.9.